The first kappa shape index (κ1) is 22.2. The number of morpholine rings is 1. The Balaban J connectivity index is 0.00000121. The zero-order chi connectivity index (χ0) is 16.5. The topological polar surface area (TPSA) is 44.8 Å². The first-order valence-corrected chi connectivity index (χ1v) is 10.0. The van der Waals surface area contributed by atoms with Crippen LogP contribution < -0.4 is 5.32 Å². The molecule has 0 aromatic heterocycles. The van der Waals surface area contributed by atoms with Crippen LogP contribution in [0, 0.1) is 5.41 Å². The van der Waals surface area contributed by atoms with Crippen molar-refractivity contribution in [3.8, 4) is 0 Å². The van der Waals surface area contributed by atoms with Crippen molar-refractivity contribution in [3.05, 3.63) is 0 Å². The molecule has 1 N–H and O–H groups in total. The Hall–Kier alpha value is -0.0700. The highest BCUT2D eigenvalue weighted by molar-refractivity contribution is 5.85. The third-order valence-electron chi connectivity index (χ3n) is 7.21. The van der Waals surface area contributed by atoms with E-state index in [4.69, 9.17) is 4.74 Å². The molecule has 0 bridgehead atoms. The zero-order valence-corrected chi connectivity index (χ0v) is 17.5. The van der Waals surface area contributed by atoms with E-state index in [0.29, 0.717) is 11.3 Å². The maximum atomic E-state index is 13.1. The van der Waals surface area contributed by atoms with Gasteiger partial charge in [0.25, 0.3) is 0 Å². The summed E-state index contributed by atoms with van der Waals surface area (Å²) in [5, 5.41) is 3.51. The second-order valence-electron chi connectivity index (χ2n) is 8.52. The van der Waals surface area contributed by atoms with E-state index in [-0.39, 0.29) is 30.4 Å². The van der Waals surface area contributed by atoms with Gasteiger partial charge < -0.3 is 15.0 Å². The molecule has 4 aliphatic rings. The fourth-order valence-corrected chi connectivity index (χ4v) is 5.52. The van der Waals surface area contributed by atoms with Gasteiger partial charge in [-0.25, -0.2) is 0 Å². The second-order valence-corrected chi connectivity index (χ2v) is 8.52. The number of nitrogens with zero attached hydrogens (tertiary/aromatic N) is 2. The van der Waals surface area contributed by atoms with Crippen LogP contribution in [0.2, 0.25) is 0 Å². The highest BCUT2D eigenvalue weighted by Gasteiger charge is 2.44. The number of nitrogens with one attached hydrogen (secondary N) is 1. The van der Waals surface area contributed by atoms with Crippen molar-refractivity contribution in [3.63, 3.8) is 0 Å². The predicted molar refractivity (Wildman–Crippen MR) is 108 cm³/mol. The zero-order valence-electron chi connectivity index (χ0n) is 15.8. The number of piperidine rings is 1. The molecule has 5 nitrogen and oxygen atoms in total. The average molecular weight is 408 g/mol. The third-order valence-corrected chi connectivity index (χ3v) is 7.21. The van der Waals surface area contributed by atoms with Gasteiger partial charge in [-0.05, 0) is 44.1 Å². The fraction of sp³-hybridized carbons (Fsp3) is 0.947. The standard InChI is InChI=1S/C19H33N3O2.2ClH/c23-17(21-9-6-18(7-10-21)5-8-20-16-18)15-19(3-1-2-4-19)22-11-13-24-14-12-22;;/h20H,1-16H2;2*1H. The molecule has 1 aliphatic carbocycles. The van der Waals surface area contributed by atoms with Crippen LogP contribution in [0.15, 0.2) is 0 Å². The highest BCUT2D eigenvalue weighted by Crippen LogP contribution is 2.41. The van der Waals surface area contributed by atoms with Gasteiger partial charge in [0.05, 0.1) is 13.2 Å². The van der Waals surface area contributed by atoms with Crippen molar-refractivity contribution in [2.24, 2.45) is 5.41 Å². The fourth-order valence-electron chi connectivity index (χ4n) is 5.52. The van der Waals surface area contributed by atoms with Crippen molar-refractivity contribution >= 4 is 30.7 Å². The number of amides is 1. The molecule has 4 fully saturated rings. The lowest BCUT2D eigenvalue weighted by molar-refractivity contribution is -0.137. The summed E-state index contributed by atoms with van der Waals surface area (Å²) < 4.78 is 5.54. The minimum atomic E-state index is 0. The van der Waals surface area contributed by atoms with E-state index in [1.165, 1.54) is 44.9 Å². The van der Waals surface area contributed by atoms with E-state index in [1.54, 1.807) is 0 Å². The Morgan fingerprint density at radius 2 is 1.58 bits per heavy atom. The normalized spacial score (nSPS) is 27.8. The minimum absolute atomic E-state index is 0. The largest absolute Gasteiger partial charge is 0.379 e. The molecule has 0 unspecified atom stereocenters. The van der Waals surface area contributed by atoms with Gasteiger partial charge in [0.1, 0.15) is 0 Å². The third kappa shape index (κ3) is 4.49. The summed E-state index contributed by atoms with van der Waals surface area (Å²) in [6.45, 7) is 7.93. The summed E-state index contributed by atoms with van der Waals surface area (Å²) in [4.78, 5) is 17.8. The van der Waals surface area contributed by atoms with E-state index in [2.05, 4.69) is 15.1 Å². The molecule has 0 radical (unpaired) electrons. The van der Waals surface area contributed by atoms with Gasteiger partial charge in [-0.15, -0.1) is 24.8 Å². The Morgan fingerprint density at radius 3 is 2.15 bits per heavy atom. The van der Waals surface area contributed by atoms with Gasteiger partial charge in [0.2, 0.25) is 5.91 Å². The molecular formula is C19H35Cl2N3O2. The Bertz CT molecular complexity index is 450. The lowest BCUT2D eigenvalue weighted by Crippen LogP contribution is -2.55. The molecule has 26 heavy (non-hydrogen) atoms. The van der Waals surface area contributed by atoms with Crippen LogP contribution in [0.5, 0.6) is 0 Å². The molecule has 0 aromatic rings. The molecule has 3 heterocycles. The van der Waals surface area contributed by atoms with Crippen LogP contribution in [-0.2, 0) is 9.53 Å². The average Bonchev–Trinajstić information content (AvgIpc) is 3.27. The van der Waals surface area contributed by atoms with Crippen molar-refractivity contribution in [1.29, 1.82) is 0 Å². The van der Waals surface area contributed by atoms with E-state index >= 15 is 0 Å². The van der Waals surface area contributed by atoms with Gasteiger partial charge in [-0.3, -0.25) is 9.69 Å². The maximum absolute atomic E-state index is 13.1. The van der Waals surface area contributed by atoms with Crippen LogP contribution in [-0.4, -0.2) is 73.7 Å². The summed E-state index contributed by atoms with van der Waals surface area (Å²) in [5.41, 5.74) is 0.622. The van der Waals surface area contributed by atoms with E-state index in [0.717, 1.165) is 58.9 Å². The lowest BCUT2D eigenvalue weighted by Gasteiger charge is -2.45. The summed E-state index contributed by atoms with van der Waals surface area (Å²) >= 11 is 0. The smallest absolute Gasteiger partial charge is 0.224 e. The Labute approximate surface area is 170 Å². The number of rotatable bonds is 3. The molecule has 3 saturated heterocycles. The van der Waals surface area contributed by atoms with Crippen LogP contribution in [0.1, 0.15) is 51.4 Å². The SMILES string of the molecule is Cl.Cl.O=C(CC1(N2CCOCC2)CCCC1)N1CCC2(CCNC2)CC1. The molecule has 1 amide bonds. The van der Waals surface area contributed by atoms with E-state index < -0.39 is 0 Å². The molecule has 1 saturated carbocycles. The summed E-state index contributed by atoms with van der Waals surface area (Å²) in [5.74, 6) is 0.407. The van der Waals surface area contributed by atoms with E-state index in [1.807, 2.05) is 0 Å². The molecule has 152 valence electrons. The minimum Gasteiger partial charge on any atom is -0.379 e. The molecular weight excluding hydrogens is 373 g/mol. The maximum Gasteiger partial charge on any atom is 0.224 e. The summed E-state index contributed by atoms with van der Waals surface area (Å²) in [6.07, 6.45) is 9.36. The van der Waals surface area contributed by atoms with Crippen LogP contribution >= 0.6 is 24.8 Å². The first-order chi connectivity index (χ1) is 11.7. The summed E-state index contributed by atoms with van der Waals surface area (Å²) in [6, 6.07) is 0. The highest BCUT2D eigenvalue weighted by atomic mass is 35.5. The van der Waals surface area contributed by atoms with Crippen LogP contribution in [0.3, 0.4) is 0 Å². The first-order valence-electron chi connectivity index (χ1n) is 10.0. The quantitative estimate of drug-likeness (QED) is 0.780. The summed E-state index contributed by atoms with van der Waals surface area (Å²) in [7, 11) is 0. The number of likely N-dealkylation sites (tertiary alicyclic amines) is 1. The van der Waals surface area contributed by atoms with Gasteiger partial charge in [-0.2, -0.15) is 0 Å². The number of carbonyl (C=O) groups excluding carboxylic acids is 1. The number of hydrogen-bond acceptors (Lipinski definition) is 4. The van der Waals surface area contributed by atoms with Gasteiger partial charge in [0.15, 0.2) is 0 Å². The molecule has 0 atom stereocenters. The molecule has 3 aliphatic heterocycles. The van der Waals surface area contributed by atoms with Gasteiger partial charge in [0, 0.05) is 44.7 Å². The number of carbonyl (C=O) groups is 1. The molecule has 1 spiro atoms. The van der Waals surface area contributed by atoms with Crippen molar-refractivity contribution in [2.75, 3.05) is 52.5 Å². The van der Waals surface area contributed by atoms with Crippen LogP contribution in [0.4, 0.5) is 0 Å². The predicted octanol–water partition coefficient (Wildman–Crippen LogP) is 2.47. The van der Waals surface area contributed by atoms with Crippen molar-refractivity contribution < 1.29 is 9.53 Å². The number of ether oxygens (including phenoxy) is 1. The number of hydrogen-bond donors (Lipinski definition) is 1. The lowest BCUT2D eigenvalue weighted by atomic mass is 9.77. The monoisotopic (exact) mass is 407 g/mol. The number of halogens is 2. The van der Waals surface area contributed by atoms with Gasteiger partial charge >= 0.3 is 0 Å². The van der Waals surface area contributed by atoms with Gasteiger partial charge in [-0.1, -0.05) is 12.8 Å². The molecule has 7 heteroatoms. The molecule has 4 rings (SSSR count). The molecule has 0 aromatic carbocycles. The Morgan fingerprint density at radius 1 is 0.923 bits per heavy atom. The van der Waals surface area contributed by atoms with E-state index in [9.17, 15) is 4.79 Å². The second kappa shape index (κ2) is 9.42. The van der Waals surface area contributed by atoms with Crippen molar-refractivity contribution in [2.45, 2.75) is 56.9 Å². The van der Waals surface area contributed by atoms with Crippen molar-refractivity contribution in [1.82, 2.24) is 15.1 Å². The Kier molecular flexibility index (Phi) is 8.05. The van der Waals surface area contributed by atoms with Crippen LogP contribution in [0.25, 0.3) is 0 Å².